The number of hydrogen-bond acceptors (Lipinski definition) is 6. The zero-order valence-corrected chi connectivity index (χ0v) is 23.2. The lowest BCUT2D eigenvalue weighted by Crippen LogP contribution is -2.31. The second-order valence-corrected chi connectivity index (χ2v) is 10.2. The van der Waals surface area contributed by atoms with Gasteiger partial charge in [-0.25, -0.2) is 9.18 Å². The van der Waals surface area contributed by atoms with E-state index in [0.29, 0.717) is 59.2 Å². The average Bonchev–Trinajstić information content (AvgIpc) is 3.51. The summed E-state index contributed by atoms with van der Waals surface area (Å²) in [5, 5.41) is 6.14. The number of benzene rings is 3. The van der Waals surface area contributed by atoms with Crippen LogP contribution in [-0.4, -0.2) is 63.1 Å². The van der Waals surface area contributed by atoms with Crippen molar-refractivity contribution in [3.8, 4) is 0 Å². The molecule has 0 spiro atoms. The molecule has 0 bridgehead atoms. The molecule has 3 amide bonds. The molecule has 3 aromatic rings. The second-order valence-electron chi connectivity index (χ2n) is 10.2. The summed E-state index contributed by atoms with van der Waals surface area (Å²) in [6.07, 6.45) is 0.435. The van der Waals surface area contributed by atoms with E-state index in [4.69, 9.17) is 4.74 Å². The van der Waals surface area contributed by atoms with Crippen LogP contribution in [-0.2, 0) is 14.3 Å². The minimum atomic E-state index is -0.446. The van der Waals surface area contributed by atoms with Gasteiger partial charge in [-0.1, -0.05) is 12.1 Å². The number of fused-ring (bicyclic) bond motifs is 1. The van der Waals surface area contributed by atoms with Gasteiger partial charge in [-0.2, -0.15) is 0 Å². The first-order valence-corrected chi connectivity index (χ1v) is 13.4. The lowest BCUT2D eigenvalue weighted by atomic mass is 9.99. The van der Waals surface area contributed by atoms with Gasteiger partial charge in [0.15, 0.2) is 0 Å². The van der Waals surface area contributed by atoms with Crippen LogP contribution in [0.4, 0.5) is 31.9 Å². The summed E-state index contributed by atoms with van der Waals surface area (Å²) in [7, 11) is 4.00. The molecule has 0 unspecified atom stereocenters. The van der Waals surface area contributed by atoms with E-state index in [1.807, 2.05) is 50.5 Å². The van der Waals surface area contributed by atoms with Crippen molar-refractivity contribution in [3.63, 3.8) is 0 Å². The van der Waals surface area contributed by atoms with E-state index in [2.05, 4.69) is 15.5 Å². The number of ether oxygens (including phenoxy) is 1. The predicted molar refractivity (Wildman–Crippen MR) is 158 cm³/mol. The zero-order valence-electron chi connectivity index (χ0n) is 23.2. The highest BCUT2D eigenvalue weighted by Gasteiger charge is 2.29. The Morgan fingerprint density at radius 2 is 1.76 bits per heavy atom. The highest BCUT2D eigenvalue weighted by molar-refractivity contribution is 6.37. The van der Waals surface area contributed by atoms with Gasteiger partial charge in [-0.3, -0.25) is 14.5 Å². The molecule has 10 heteroatoms. The normalized spacial score (nSPS) is 15.5. The van der Waals surface area contributed by atoms with Crippen LogP contribution < -0.4 is 20.4 Å². The standard InChI is InChI=1S/C31H32FN5O4/c1-20(38)36(16-4-15-35(2)3)24-12-8-23(9-13-24)33-29(28-26-14-7-22(32)19-27(26)34-30(28)39)21-5-10-25(11-6-21)37-17-18-41-31(37)40/h5-14,19,33H,4,15-18H2,1-3H3,(H,34,39)/b29-28-. The molecular formula is C31H32FN5O4. The van der Waals surface area contributed by atoms with E-state index >= 15 is 0 Å². The molecule has 2 N–H and O–H groups in total. The Labute approximate surface area is 238 Å². The first-order chi connectivity index (χ1) is 19.7. The lowest BCUT2D eigenvalue weighted by Gasteiger charge is -2.23. The maximum absolute atomic E-state index is 13.9. The van der Waals surface area contributed by atoms with E-state index in [9.17, 15) is 18.8 Å². The SMILES string of the molecule is CC(=O)N(CCCN(C)C)c1ccc(N/C(=C2\C(=O)Nc3cc(F)ccc32)c2ccc(N3CCOC3=O)cc2)cc1. The van der Waals surface area contributed by atoms with Gasteiger partial charge in [0.1, 0.15) is 12.4 Å². The Hall–Kier alpha value is -4.70. The Kier molecular flexibility index (Phi) is 8.02. The summed E-state index contributed by atoms with van der Waals surface area (Å²) in [5.41, 5.74) is 4.71. The van der Waals surface area contributed by atoms with Crippen molar-refractivity contribution in [1.29, 1.82) is 0 Å². The molecule has 0 aromatic heterocycles. The molecule has 2 aliphatic heterocycles. The van der Waals surface area contributed by atoms with Gasteiger partial charge in [0.25, 0.3) is 5.91 Å². The molecule has 3 aromatic carbocycles. The molecule has 0 aliphatic carbocycles. The van der Waals surface area contributed by atoms with Crippen molar-refractivity contribution in [2.75, 3.05) is 60.8 Å². The van der Waals surface area contributed by atoms with Crippen LogP contribution >= 0.6 is 0 Å². The minimum absolute atomic E-state index is 0.0410. The van der Waals surface area contributed by atoms with Crippen LogP contribution in [0.1, 0.15) is 24.5 Å². The van der Waals surface area contributed by atoms with E-state index in [1.165, 1.54) is 12.1 Å². The summed E-state index contributed by atoms with van der Waals surface area (Å²) in [4.78, 5) is 42.9. The fourth-order valence-corrected chi connectivity index (χ4v) is 4.99. The van der Waals surface area contributed by atoms with Crippen molar-refractivity contribution >= 4 is 51.9 Å². The quantitative estimate of drug-likeness (QED) is 0.359. The third-order valence-electron chi connectivity index (χ3n) is 7.02. The number of carbonyl (C=O) groups is 3. The number of nitrogens with zero attached hydrogens (tertiary/aromatic N) is 3. The van der Waals surface area contributed by atoms with Crippen molar-refractivity contribution in [1.82, 2.24) is 4.90 Å². The second kappa shape index (κ2) is 11.8. The summed E-state index contributed by atoms with van der Waals surface area (Å²) in [6.45, 7) is 3.81. The lowest BCUT2D eigenvalue weighted by molar-refractivity contribution is -0.116. The Bertz CT molecular complexity index is 1500. The van der Waals surface area contributed by atoms with E-state index in [-0.39, 0.29) is 11.8 Å². The fraction of sp³-hybridized carbons (Fsp3) is 0.258. The van der Waals surface area contributed by atoms with Gasteiger partial charge >= 0.3 is 6.09 Å². The molecule has 41 heavy (non-hydrogen) atoms. The summed E-state index contributed by atoms with van der Waals surface area (Å²) in [5.74, 6) is -0.848. The molecule has 0 radical (unpaired) electrons. The molecule has 1 saturated heterocycles. The first-order valence-electron chi connectivity index (χ1n) is 13.4. The molecule has 1 fully saturated rings. The molecule has 0 atom stereocenters. The highest BCUT2D eigenvalue weighted by atomic mass is 19.1. The monoisotopic (exact) mass is 557 g/mol. The smallest absolute Gasteiger partial charge is 0.414 e. The van der Waals surface area contributed by atoms with Gasteiger partial charge in [0.2, 0.25) is 5.91 Å². The molecule has 2 aliphatic rings. The number of hydrogen-bond donors (Lipinski definition) is 2. The van der Waals surface area contributed by atoms with Gasteiger partial charge in [-0.15, -0.1) is 0 Å². The maximum Gasteiger partial charge on any atom is 0.414 e. The number of carbonyl (C=O) groups excluding carboxylic acids is 3. The van der Waals surface area contributed by atoms with Crippen LogP contribution in [0.3, 0.4) is 0 Å². The summed E-state index contributed by atoms with van der Waals surface area (Å²) in [6, 6.07) is 18.9. The maximum atomic E-state index is 13.9. The molecule has 2 heterocycles. The zero-order chi connectivity index (χ0) is 29.1. The third kappa shape index (κ3) is 6.07. The van der Waals surface area contributed by atoms with Gasteiger partial charge < -0.3 is 25.2 Å². The van der Waals surface area contributed by atoms with Crippen molar-refractivity contribution in [2.45, 2.75) is 13.3 Å². The average molecular weight is 558 g/mol. The van der Waals surface area contributed by atoms with E-state index < -0.39 is 11.9 Å². The fourth-order valence-electron chi connectivity index (χ4n) is 4.99. The van der Waals surface area contributed by atoms with Gasteiger partial charge in [0.05, 0.1) is 23.5 Å². The number of halogens is 1. The molecule has 0 saturated carbocycles. The summed E-state index contributed by atoms with van der Waals surface area (Å²) < 4.78 is 19.0. The Morgan fingerprint density at radius 1 is 1.02 bits per heavy atom. The number of anilines is 4. The van der Waals surface area contributed by atoms with Crippen LogP contribution in [0, 0.1) is 5.82 Å². The minimum Gasteiger partial charge on any atom is -0.447 e. The predicted octanol–water partition coefficient (Wildman–Crippen LogP) is 5.02. The van der Waals surface area contributed by atoms with Gasteiger partial charge in [-0.05, 0) is 87.2 Å². The van der Waals surface area contributed by atoms with Crippen LogP contribution in [0.15, 0.2) is 66.7 Å². The van der Waals surface area contributed by atoms with Crippen molar-refractivity contribution in [2.24, 2.45) is 0 Å². The van der Waals surface area contributed by atoms with Crippen molar-refractivity contribution in [3.05, 3.63) is 83.7 Å². The number of amides is 3. The molecule has 9 nitrogen and oxygen atoms in total. The third-order valence-corrected chi connectivity index (χ3v) is 7.02. The molecule has 212 valence electrons. The first kappa shape index (κ1) is 27.9. The van der Waals surface area contributed by atoms with E-state index in [1.54, 1.807) is 34.9 Å². The Balaban J connectivity index is 1.49. The number of nitrogens with one attached hydrogen (secondary N) is 2. The van der Waals surface area contributed by atoms with Crippen LogP contribution in [0.25, 0.3) is 11.3 Å². The number of cyclic esters (lactones) is 1. The van der Waals surface area contributed by atoms with Crippen LogP contribution in [0.2, 0.25) is 0 Å². The van der Waals surface area contributed by atoms with E-state index in [0.717, 1.165) is 18.7 Å². The molecular weight excluding hydrogens is 525 g/mol. The summed E-state index contributed by atoms with van der Waals surface area (Å²) >= 11 is 0. The Morgan fingerprint density at radius 3 is 2.39 bits per heavy atom. The largest absolute Gasteiger partial charge is 0.447 e. The number of rotatable bonds is 9. The topological polar surface area (TPSA) is 94.2 Å². The van der Waals surface area contributed by atoms with Crippen molar-refractivity contribution < 1.29 is 23.5 Å². The van der Waals surface area contributed by atoms with Crippen LogP contribution in [0.5, 0.6) is 0 Å². The highest BCUT2D eigenvalue weighted by Crippen LogP contribution is 2.38. The van der Waals surface area contributed by atoms with Gasteiger partial charge in [0, 0.05) is 36.1 Å². The molecule has 5 rings (SSSR count).